The largest absolute Gasteiger partial charge is 0.573 e. The maximum absolute atomic E-state index is 12.4. The summed E-state index contributed by atoms with van der Waals surface area (Å²) >= 11 is 5.59. The number of hydrogen-bond donors (Lipinski definition) is 0. The average molecular weight is 510 g/mol. The zero-order chi connectivity index (χ0) is 25.9. The zero-order valence-electron chi connectivity index (χ0n) is 20.2. The summed E-state index contributed by atoms with van der Waals surface area (Å²) in [5, 5.41) is 0. The summed E-state index contributed by atoms with van der Waals surface area (Å²) < 4.78 is 43.1. The van der Waals surface area contributed by atoms with Crippen LogP contribution in [0.25, 0.3) is 22.4 Å². The van der Waals surface area contributed by atoms with Crippen molar-refractivity contribution < 1.29 is 17.9 Å². The number of rotatable bonds is 8. The lowest BCUT2D eigenvalue weighted by Crippen LogP contribution is -2.16. The summed E-state index contributed by atoms with van der Waals surface area (Å²) in [4.78, 5) is 10.1. The number of alkyl halides is 3. The molecule has 1 aromatic heterocycles. The molecule has 0 aliphatic rings. The molecule has 0 aliphatic heterocycles. The SMILES string of the molecule is CC(C)c1ccccc1CC(=S)CN=Cc1ccc2nc(-c3ccc(OC(F)(F)F)cc3)n(C)c2c1. The minimum Gasteiger partial charge on any atom is -0.406 e. The van der Waals surface area contributed by atoms with Gasteiger partial charge >= 0.3 is 6.36 Å². The van der Waals surface area contributed by atoms with E-state index in [0.717, 1.165) is 27.9 Å². The van der Waals surface area contributed by atoms with Crippen molar-refractivity contribution in [2.75, 3.05) is 6.54 Å². The van der Waals surface area contributed by atoms with Gasteiger partial charge in [0.15, 0.2) is 0 Å². The van der Waals surface area contributed by atoms with Crippen LogP contribution in [0.1, 0.15) is 36.5 Å². The molecule has 0 fully saturated rings. The number of halogens is 3. The number of hydrogen-bond acceptors (Lipinski definition) is 4. The lowest BCUT2D eigenvalue weighted by atomic mass is 9.94. The molecule has 186 valence electrons. The van der Waals surface area contributed by atoms with Crippen molar-refractivity contribution in [2.24, 2.45) is 12.0 Å². The minimum absolute atomic E-state index is 0.269. The molecule has 0 bridgehead atoms. The number of aromatic nitrogens is 2. The molecular weight excluding hydrogens is 483 g/mol. The van der Waals surface area contributed by atoms with E-state index >= 15 is 0 Å². The molecule has 36 heavy (non-hydrogen) atoms. The van der Waals surface area contributed by atoms with Crippen LogP contribution in [0.2, 0.25) is 0 Å². The number of aryl methyl sites for hydroxylation is 1. The number of nitrogens with zero attached hydrogens (tertiary/aromatic N) is 3. The van der Waals surface area contributed by atoms with E-state index in [4.69, 9.17) is 12.2 Å². The maximum atomic E-state index is 12.4. The Morgan fingerprint density at radius 3 is 2.50 bits per heavy atom. The van der Waals surface area contributed by atoms with Gasteiger partial charge in [0.2, 0.25) is 0 Å². The van der Waals surface area contributed by atoms with Gasteiger partial charge < -0.3 is 9.30 Å². The maximum Gasteiger partial charge on any atom is 0.573 e. The fraction of sp³-hybridized carbons (Fsp3) is 0.250. The van der Waals surface area contributed by atoms with Crippen molar-refractivity contribution in [3.63, 3.8) is 0 Å². The quantitative estimate of drug-likeness (QED) is 0.185. The van der Waals surface area contributed by atoms with E-state index in [0.29, 0.717) is 23.9 Å². The third kappa shape index (κ3) is 6.18. The highest BCUT2D eigenvalue weighted by molar-refractivity contribution is 7.80. The highest BCUT2D eigenvalue weighted by atomic mass is 32.1. The van der Waals surface area contributed by atoms with Crippen LogP contribution in [0.15, 0.2) is 71.7 Å². The number of benzene rings is 3. The molecule has 4 aromatic rings. The van der Waals surface area contributed by atoms with Gasteiger partial charge in [-0.25, -0.2) is 4.98 Å². The van der Waals surface area contributed by atoms with E-state index in [9.17, 15) is 13.2 Å². The lowest BCUT2D eigenvalue weighted by molar-refractivity contribution is -0.274. The first-order valence-electron chi connectivity index (χ1n) is 11.5. The van der Waals surface area contributed by atoms with Crippen LogP contribution in [0, 0.1) is 0 Å². The summed E-state index contributed by atoms with van der Waals surface area (Å²) in [5.41, 5.74) is 5.82. The molecule has 1 heterocycles. The molecule has 4 nitrogen and oxygen atoms in total. The number of fused-ring (bicyclic) bond motifs is 1. The van der Waals surface area contributed by atoms with Crippen LogP contribution in [0.5, 0.6) is 5.75 Å². The molecule has 0 saturated carbocycles. The Morgan fingerprint density at radius 1 is 1.08 bits per heavy atom. The van der Waals surface area contributed by atoms with Crippen molar-refractivity contribution in [3.05, 3.63) is 83.4 Å². The van der Waals surface area contributed by atoms with Gasteiger partial charge in [-0.1, -0.05) is 56.4 Å². The van der Waals surface area contributed by atoms with Gasteiger partial charge in [-0.05, 0) is 59.0 Å². The highest BCUT2D eigenvalue weighted by Gasteiger charge is 2.31. The summed E-state index contributed by atoms with van der Waals surface area (Å²) in [5.74, 6) is 0.811. The Bertz CT molecular complexity index is 1410. The van der Waals surface area contributed by atoms with Gasteiger partial charge in [-0.2, -0.15) is 0 Å². The second-order valence-corrected chi connectivity index (χ2v) is 9.43. The van der Waals surface area contributed by atoms with Crippen LogP contribution >= 0.6 is 12.2 Å². The average Bonchev–Trinajstić information content (AvgIpc) is 3.15. The zero-order valence-corrected chi connectivity index (χ0v) is 21.0. The molecule has 4 rings (SSSR count). The second kappa shape index (κ2) is 10.6. The first-order chi connectivity index (χ1) is 17.1. The molecule has 0 aliphatic carbocycles. The summed E-state index contributed by atoms with van der Waals surface area (Å²) in [7, 11) is 1.87. The van der Waals surface area contributed by atoms with Gasteiger partial charge in [0, 0.05) is 30.1 Å². The van der Waals surface area contributed by atoms with Gasteiger partial charge in [-0.15, -0.1) is 13.2 Å². The second-order valence-electron chi connectivity index (χ2n) is 8.85. The first kappa shape index (κ1) is 25.6. The number of imidazole rings is 1. The topological polar surface area (TPSA) is 39.4 Å². The van der Waals surface area contributed by atoms with Crippen LogP contribution < -0.4 is 4.74 Å². The lowest BCUT2D eigenvalue weighted by Gasteiger charge is -2.12. The first-order valence-corrected chi connectivity index (χ1v) is 11.9. The molecule has 0 unspecified atom stereocenters. The van der Waals surface area contributed by atoms with Gasteiger partial charge in [0.05, 0.1) is 17.6 Å². The molecular formula is C28H26F3N3OS. The smallest absolute Gasteiger partial charge is 0.406 e. The summed E-state index contributed by atoms with van der Waals surface area (Å²) in [6, 6.07) is 19.8. The van der Waals surface area contributed by atoms with E-state index in [-0.39, 0.29) is 5.75 Å². The van der Waals surface area contributed by atoms with Crippen molar-refractivity contribution in [2.45, 2.75) is 32.5 Å². The van der Waals surface area contributed by atoms with Crippen LogP contribution in [-0.2, 0) is 13.5 Å². The predicted octanol–water partition coefficient (Wildman–Crippen LogP) is 7.29. The van der Waals surface area contributed by atoms with Crippen molar-refractivity contribution in [1.29, 1.82) is 0 Å². The Morgan fingerprint density at radius 2 is 1.81 bits per heavy atom. The molecule has 0 amide bonds. The normalized spacial score (nSPS) is 12.1. The number of ether oxygens (including phenoxy) is 1. The number of thiocarbonyl (C=S) groups is 1. The Kier molecular flexibility index (Phi) is 7.54. The third-order valence-corrected chi connectivity index (χ3v) is 6.10. The molecule has 8 heteroatoms. The molecule has 0 spiro atoms. The Hall–Kier alpha value is -3.52. The molecule has 3 aromatic carbocycles. The van der Waals surface area contributed by atoms with Gasteiger partial charge in [-0.3, -0.25) is 4.99 Å². The molecule has 0 N–H and O–H groups in total. The molecule has 0 saturated heterocycles. The monoisotopic (exact) mass is 509 g/mol. The predicted molar refractivity (Wildman–Crippen MR) is 142 cm³/mol. The standard InChI is InChI=1S/C28H26F3N3OS/c1-18(2)24-7-5-4-6-21(24)15-23(36)17-32-16-19-8-13-25-26(14-19)34(3)27(33-25)20-9-11-22(12-10-20)35-28(29,30)31/h4-14,16,18H,15,17H2,1-3H3. The number of aliphatic imine (C=N–C) groups is 1. The molecule has 0 radical (unpaired) electrons. The summed E-state index contributed by atoms with van der Waals surface area (Å²) in [6.07, 6.45) is -2.20. The minimum atomic E-state index is -4.72. The third-order valence-electron chi connectivity index (χ3n) is 5.82. The highest BCUT2D eigenvalue weighted by Crippen LogP contribution is 2.28. The Balaban J connectivity index is 1.46. The molecule has 0 atom stereocenters. The van der Waals surface area contributed by atoms with E-state index in [1.807, 2.05) is 35.9 Å². The van der Waals surface area contributed by atoms with E-state index in [1.54, 1.807) is 18.3 Å². The summed E-state index contributed by atoms with van der Waals surface area (Å²) in [6.45, 7) is 4.82. The van der Waals surface area contributed by atoms with Crippen molar-refractivity contribution >= 4 is 34.3 Å². The fourth-order valence-corrected chi connectivity index (χ4v) is 4.36. The Labute approximate surface area is 213 Å². The van der Waals surface area contributed by atoms with Crippen LogP contribution in [0.3, 0.4) is 0 Å². The van der Waals surface area contributed by atoms with Gasteiger partial charge in [0.1, 0.15) is 11.6 Å². The van der Waals surface area contributed by atoms with Crippen LogP contribution in [-0.4, -0.2) is 33.5 Å². The fourth-order valence-electron chi connectivity index (χ4n) is 4.13. The van der Waals surface area contributed by atoms with Crippen molar-refractivity contribution in [3.8, 4) is 17.1 Å². The van der Waals surface area contributed by atoms with Gasteiger partial charge in [0.25, 0.3) is 0 Å². The van der Waals surface area contributed by atoms with Crippen molar-refractivity contribution in [1.82, 2.24) is 9.55 Å². The van der Waals surface area contributed by atoms with E-state index < -0.39 is 6.36 Å². The van der Waals surface area contributed by atoms with E-state index in [2.05, 4.69) is 46.8 Å². The van der Waals surface area contributed by atoms with Crippen LogP contribution in [0.4, 0.5) is 13.2 Å². The van der Waals surface area contributed by atoms with E-state index in [1.165, 1.54) is 23.3 Å².